The molecular formula is C25H29NO6. The molecule has 0 aromatic heterocycles. The second kappa shape index (κ2) is 8.03. The van der Waals surface area contributed by atoms with E-state index in [1.165, 1.54) is 0 Å². The van der Waals surface area contributed by atoms with Crippen LogP contribution in [0.15, 0.2) is 34.5 Å². The number of carbonyl (C=O) groups is 2. The summed E-state index contributed by atoms with van der Waals surface area (Å²) in [5.41, 5.74) is 2.77. The van der Waals surface area contributed by atoms with Gasteiger partial charge in [-0.2, -0.15) is 0 Å². The maximum absolute atomic E-state index is 13.3. The summed E-state index contributed by atoms with van der Waals surface area (Å²) >= 11 is 0. The summed E-state index contributed by atoms with van der Waals surface area (Å²) in [7, 11) is 0. The highest BCUT2D eigenvalue weighted by Gasteiger charge is 2.46. The van der Waals surface area contributed by atoms with Crippen molar-refractivity contribution in [3.8, 4) is 11.5 Å². The van der Waals surface area contributed by atoms with Crippen molar-refractivity contribution in [3.63, 3.8) is 0 Å². The van der Waals surface area contributed by atoms with Crippen LogP contribution in [0.2, 0.25) is 0 Å². The molecule has 0 radical (unpaired) electrons. The highest BCUT2D eigenvalue weighted by atomic mass is 16.7. The quantitative estimate of drug-likeness (QED) is 0.661. The van der Waals surface area contributed by atoms with Crippen molar-refractivity contribution >= 4 is 17.5 Å². The third-order valence-electron chi connectivity index (χ3n) is 6.75. The standard InChI is InChI=1S/C25H29NO6/c1-14-21(24(28)30-12-16-5-4-8-29-16)22(15-6-7-19-20(9-15)32-13-31-19)23-17(26-14)10-25(2,3)11-18(23)27/h6-7,9,16,21-22H,4-5,8,10-13H2,1-3H3/t16-,21?,22-/m0/s1. The largest absolute Gasteiger partial charge is 0.462 e. The van der Waals surface area contributed by atoms with Gasteiger partial charge < -0.3 is 18.9 Å². The lowest BCUT2D eigenvalue weighted by Gasteiger charge is -2.39. The van der Waals surface area contributed by atoms with Gasteiger partial charge in [0.2, 0.25) is 6.79 Å². The number of hydrogen-bond donors (Lipinski definition) is 0. The van der Waals surface area contributed by atoms with Crippen molar-refractivity contribution in [2.45, 2.75) is 58.5 Å². The van der Waals surface area contributed by atoms with Gasteiger partial charge in [0, 0.05) is 35.9 Å². The predicted octanol–water partition coefficient (Wildman–Crippen LogP) is 3.96. The zero-order valence-corrected chi connectivity index (χ0v) is 18.8. The van der Waals surface area contributed by atoms with Crippen LogP contribution in [0.1, 0.15) is 57.9 Å². The molecule has 3 atom stereocenters. The number of allylic oxidation sites excluding steroid dienone is 2. The van der Waals surface area contributed by atoms with E-state index >= 15 is 0 Å². The Hall–Kier alpha value is -2.67. The monoisotopic (exact) mass is 439 g/mol. The van der Waals surface area contributed by atoms with Gasteiger partial charge in [-0.1, -0.05) is 19.9 Å². The van der Waals surface area contributed by atoms with Crippen LogP contribution in [0.3, 0.4) is 0 Å². The molecule has 0 bridgehead atoms. The van der Waals surface area contributed by atoms with Gasteiger partial charge in [0.1, 0.15) is 12.5 Å². The van der Waals surface area contributed by atoms with Crippen molar-refractivity contribution in [3.05, 3.63) is 35.0 Å². The van der Waals surface area contributed by atoms with E-state index in [9.17, 15) is 9.59 Å². The number of nitrogens with zero attached hydrogens (tertiary/aromatic N) is 1. The first-order valence-electron chi connectivity index (χ1n) is 11.3. The Morgan fingerprint density at radius 1 is 1.22 bits per heavy atom. The van der Waals surface area contributed by atoms with Crippen molar-refractivity contribution in [2.24, 2.45) is 16.3 Å². The predicted molar refractivity (Wildman–Crippen MR) is 117 cm³/mol. The first kappa shape index (κ1) is 21.2. The van der Waals surface area contributed by atoms with Crippen molar-refractivity contribution in [1.29, 1.82) is 0 Å². The van der Waals surface area contributed by atoms with Crippen molar-refractivity contribution in [2.75, 3.05) is 20.0 Å². The molecule has 1 unspecified atom stereocenters. The van der Waals surface area contributed by atoms with Gasteiger partial charge in [0.25, 0.3) is 0 Å². The zero-order valence-electron chi connectivity index (χ0n) is 18.8. The van der Waals surface area contributed by atoms with Gasteiger partial charge in [-0.05, 0) is 49.3 Å². The molecule has 3 heterocycles. The van der Waals surface area contributed by atoms with E-state index in [-0.39, 0.29) is 36.7 Å². The Bertz CT molecular complexity index is 1020. The molecule has 0 amide bonds. The molecule has 0 spiro atoms. The summed E-state index contributed by atoms with van der Waals surface area (Å²) in [6, 6.07) is 5.63. The number of fused-ring (bicyclic) bond motifs is 1. The molecule has 32 heavy (non-hydrogen) atoms. The summed E-state index contributed by atoms with van der Waals surface area (Å²) in [5.74, 6) is -0.156. The molecular weight excluding hydrogens is 410 g/mol. The second-order valence-electron chi connectivity index (χ2n) is 9.89. The van der Waals surface area contributed by atoms with E-state index in [0.29, 0.717) is 42.2 Å². The summed E-state index contributed by atoms with van der Waals surface area (Å²) < 4.78 is 22.3. The van der Waals surface area contributed by atoms with E-state index in [0.717, 1.165) is 24.1 Å². The molecule has 1 aromatic rings. The molecule has 1 saturated heterocycles. The fourth-order valence-corrected chi connectivity index (χ4v) is 5.26. The molecule has 1 aromatic carbocycles. The van der Waals surface area contributed by atoms with Gasteiger partial charge in [0.15, 0.2) is 17.3 Å². The number of Topliss-reactive ketones (excluding diaryl/α,β-unsaturated/α-hetero) is 1. The van der Waals surface area contributed by atoms with Crippen LogP contribution in [-0.2, 0) is 19.1 Å². The van der Waals surface area contributed by atoms with Gasteiger partial charge in [-0.3, -0.25) is 14.6 Å². The van der Waals surface area contributed by atoms with Crippen LogP contribution in [0.25, 0.3) is 0 Å². The number of benzene rings is 1. The average Bonchev–Trinajstić information content (AvgIpc) is 3.41. The lowest BCUT2D eigenvalue weighted by Crippen LogP contribution is -2.40. The third-order valence-corrected chi connectivity index (χ3v) is 6.75. The number of ketones is 1. The van der Waals surface area contributed by atoms with Crippen LogP contribution in [-0.4, -0.2) is 43.6 Å². The summed E-state index contributed by atoms with van der Waals surface area (Å²) in [6.07, 6.45) is 2.94. The third kappa shape index (κ3) is 3.83. The van der Waals surface area contributed by atoms with E-state index < -0.39 is 11.8 Å². The van der Waals surface area contributed by atoms with E-state index in [4.69, 9.17) is 23.9 Å². The second-order valence-corrected chi connectivity index (χ2v) is 9.89. The number of rotatable bonds is 4. The maximum atomic E-state index is 13.3. The van der Waals surface area contributed by atoms with Crippen LogP contribution < -0.4 is 9.47 Å². The minimum absolute atomic E-state index is 0.0482. The maximum Gasteiger partial charge on any atom is 0.315 e. The first-order valence-corrected chi connectivity index (χ1v) is 11.3. The Kier molecular flexibility index (Phi) is 5.32. The number of hydrogen-bond acceptors (Lipinski definition) is 7. The first-order chi connectivity index (χ1) is 15.3. The molecule has 1 aliphatic carbocycles. The molecule has 7 heteroatoms. The summed E-state index contributed by atoms with van der Waals surface area (Å²) in [5, 5.41) is 0. The fourth-order valence-electron chi connectivity index (χ4n) is 5.26. The highest BCUT2D eigenvalue weighted by Crippen LogP contribution is 2.49. The van der Waals surface area contributed by atoms with Crippen LogP contribution in [0, 0.1) is 11.3 Å². The van der Waals surface area contributed by atoms with Crippen LogP contribution >= 0.6 is 0 Å². The number of carbonyl (C=O) groups excluding carboxylic acids is 2. The molecule has 0 N–H and O–H groups in total. The minimum atomic E-state index is -0.666. The Morgan fingerprint density at radius 3 is 2.81 bits per heavy atom. The molecule has 7 nitrogen and oxygen atoms in total. The lowest BCUT2D eigenvalue weighted by atomic mass is 9.67. The minimum Gasteiger partial charge on any atom is -0.462 e. The highest BCUT2D eigenvalue weighted by molar-refractivity contribution is 6.09. The number of esters is 1. The molecule has 1 fully saturated rings. The molecule has 0 saturated carbocycles. The smallest absolute Gasteiger partial charge is 0.315 e. The summed E-state index contributed by atoms with van der Waals surface area (Å²) in [6.45, 7) is 7.11. The van der Waals surface area contributed by atoms with E-state index in [1.807, 2.05) is 25.1 Å². The fraction of sp³-hybridized carbons (Fsp3) is 0.560. The Balaban J connectivity index is 1.53. The van der Waals surface area contributed by atoms with Gasteiger partial charge in [-0.25, -0.2) is 0 Å². The molecule has 5 rings (SSSR count). The van der Waals surface area contributed by atoms with Crippen molar-refractivity contribution < 1.29 is 28.5 Å². The van der Waals surface area contributed by atoms with Gasteiger partial charge in [-0.15, -0.1) is 0 Å². The summed E-state index contributed by atoms with van der Waals surface area (Å²) in [4.78, 5) is 31.5. The van der Waals surface area contributed by atoms with Crippen LogP contribution in [0.4, 0.5) is 0 Å². The van der Waals surface area contributed by atoms with Gasteiger partial charge in [0.05, 0.1) is 6.10 Å². The Morgan fingerprint density at radius 2 is 2.03 bits per heavy atom. The Labute approximate surface area is 187 Å². The van der Waals surface area contributed by atoms with E-state index in [2.05, 4.69) is 13.8 Å². The zero-order chi connectivity index (χ0) is 22.5. The number of aliphatic imine (C=N–C) groups is 1. The van der Waals surface area contributed by atoms with E-state index in [1.54, 1.807) is 0 Å². The normalized spacial score (nSPS) is 28.4. The van der Waals surface area contributed by atoms with Gasteiger partial charge >= 0.3 is 5.97 Å². The molecule has 170 valence electrons. The van der Waals surface area contributed by atoms with Crippen LogP contribution in [0.5, 0.6) is 11.5 Å². The SMILES string of the molecule is CC1=NC2=C(C(=O)CC(C)(C)C2)[C@@H](c2ccc3c(c2)OCO3)C1C(=O)OC[C@@H]1CCCO1. The molecule has 4 aliphatic rings. The average molecular weight is 440 g/mol. The molecule has 3 aliphatic heterocycles. The lowest BCUT2D eigenvalue weighted by molar-refractivity contribution is -0.149. The topological polar surface area (TPSA) is 83.4 Å². The number of ether oxygens (including phenoxy) is 4. The van der Waals surface area contributed by atoms with Crippen molar-refractivity contribution in [1.82, 2.24) is 0 Å².